The van der Waals surface area contributed by atoms with Crippen LogP contribution in [0.25, 0.3) is 0 Å². The predicted molar refractivity (Wildman–Crippen MR) is 130 cm³/mol. The van der Waals surface area contributed by atoms with Crippen LogP contribution in [0, 0.1) is 6.92 Å². The first-order valence-corrected chi connectivity index (χ1v) is 14.5. The number of anilines is 1. The number of hydrogen-bond donors (Lipinski definition) is 2. The van der Waals surface area contributed by atoms with Crippen LogP contribution in [0.4, 0.5) is 5.69 Å². The maximum Gasteiger partial charge on any atom is 0.253 e. The van der Waals surface area contributed by atoms with Gasteiger partial charge in [0.1, 0.15) is 0 Å². The molecule has 1 aliphatic rings. The van der Waals surface area contributed by atoms with Gasteiger partial charge in [-0.25, -0.2) is 21.6 Å². The number of carbonyl (C=O) groups is 1. The lowest BCUT2D eigenvalue weighted by Gasteiger charge is -2.32. The summed E-state index contributed by atoms with van der Waals surface area (Å²) < 4.78 is 51.4. The average Bonchev–Trinajstić information content (AvgIpc) is 2.78. The van der Waals surface area contributed by atoms with E-state index in [0.29, 0.717) is 30.3 Å². The molecule has 2 aromatic carbocycles. The molecule has 10 heteroatoms. The summed E-state index contributed by atoms with van der Waals surface area (Å²) in [5.74, 6) is 0.278. The number of nitrogens with zero attached hydrogens (tertiary/aromatic N) is 1. The summed E-state index contributed by atoms with van der Waals surface area (Å²) in [6, 6.07) is 13.0. The van der Waals surface area contributed by atoms with Gasteiger partial charge >= 0.3 is 0 Å². The normalized spacial score (nSPS) is 15.4. The lowest BCUT2D eigenvalue weighted by Crippen LogP contribution is -2.38. The molecule has 0 bridgehead atoms. The van der Waals surface area contributed by atoms with Crippen molar-refractivity contribution in [1.29, 1.82) is 0 Å². The lowest BCUT2D eigenvalue weighted by atomic mass is 9.88. The number of aryl methyl sites for hydroxylation is 1. The summed E-state index contributed by atoms with van der Waals surface area (Å²) in [6.45, 7) is 4.90. The van der Waals surface area contributed by atoms with Gasteiger partial charge in [-0.05, 0) is 61.4 Å². The number of rotatable bonds is 8. The van der Waals surface area contributed by atoms with Gasteiger partial charge in [0.25, 0.3) is 5.91 Å². The third-order valence-electron chi connectivity index (χ3n) is 5.89. The largest absolute Gasteiger partial charge is 0.339 e. The fourth-order valence-electron chi connectivity index (χ4n) is 3.87. The van der Waals surface area contributed by atoms with Gasteiger partial charge in [-0.2, -0.15) is 0 Å². The molecule has 8 nitrogen and oxygen atoms in total. The van der Waals surface area contributed by atoms with Crippen LogP contribution in [-0.2, 0) is 26.6 Å². The summed E-state index contributed by atoms with van der Waals surface area (Å²) in [5, 5.41) is 0. The number of benzene rings is 2. The second-order valence-electron chi connectivity index (χ2n) is 8.44. The Balaban J connectivity index is 1.59. The first-order valence-electron chi connectivity index (χ1n) is 10.9. The van der Waals surface area contributed by atoms with Crippen molar-refractivity contribution in [2.75, 3.05) is 29.8 Å². The Morgan fingerprint density at radius 2 is 1.67 bits per heavy atom. The Labute approximate surface area is 196 Å². The molecule has 33 heavy (non-hydrogen) atoms. The maximum atomic E-state index is 13.0. The molecule has 2 aromatic rings. The molecule has 1 saturated heterocycles. The summed E-state index contributed by atoms with van der Waals surface area (Å²) in [4.78, 5) is 14.8. The Kier molecular flexibility index (Phi) is 7.81. The van der Waals surface area contributed by atoms with Gasteiger partial charge in [-0.15, -0.1) is 0 Å². The molecule has 0 aliphatic carbocycles. The zero-order valence-corrected chi connectivity index (χ0v) is 20.8. The number of carbonyl (C=O) groups excluding carboxylic acids is 1. The second kappa shape index (κ2) is 10.2. The summed E-state index contributed by atoms with van der Waals surface area (Å²) >= 11 is 0. The Morgan fingerprint density at radius 1 is 1.03 bits per heavy atom. The summed E-state index contributed by atoms with van der Waals surface area (Å²) in [7, 11) is -6.65. The van der Waals surface area contributed by atoms with Crippen molar-refractivity contribution in [3.05, 3.63) is 64.7 Å². The predicted octanol–water partition coefficient (Wildman–Crippen LogP) is 2.83. The minimum Gasteiger partial charge on any atom is -0.339 e. The SMILES string of the molecule is CCS(=O)(=O)NCc1ccc(C2CCN(C(=O)c3ccc(C)c(NS(C)(=O)=O)c3)CC2)cc1. The highest BCUT2D eigenvalue weighted by Gasteiger charge is 2.25. The van der Waals surface area contributed by atoms with Crippen LogP contribution in [-0.4, -0.2) is 52.7 Å². The van der Waals surface area contributed by atoms with Crippen LogP contribution in [0.5, 0.6) is 0 Å². The van der Waals surface area contributed by atoms with Crippen LogP contribution >= 0.6 is 0 Å². The van der Waals surface area contributed by atoms with Crippen LogP contribution in [0.2, 0.25) is 0 Å². The highest BCUT2D eigenvalue weighted by molar-refractivity contribution is 7.92. The first kappa shape index (κ1) is 25.2. The van der Waals surface area contributed by atoms with Crippen molar-refractivity contribution in [2.45, 2.75) is 39.2 Å². The van der Waals surface area contributed by atoms with Crippen molar-refractivity contribution < 1.29 is 21.6 Å². The van der Waals surface area contributed by atoms with Crippen LogP contribution in [0.1, 0.15) is 52.7 Å². The minimum absolute atomic E-state index is 0.0560. The molecule has 1 heterocycles. The number of amides is 1. The topological polar surface area (TPSA) is 113 Å². The van der Waals surface area contributed by atoms with E-state index < -0.39 is 20.0 Å². The van der Waals surface area contributed by atoms with Gasteiger partial charge in [-0.1, -0.05) is 30.3 Å². The molecule has 0 spiro atoms. The molecular formula is C23H31N3O5S2. The molecule has 1 fully saturated rings. The third kappa shape index (κ3) is 7.02. The number of piperidine rings is 1. The van der Waals surface area contributed by atoms with E-state index >= 15 is 0 Å². The van der Waals surface area contributed by atoms with Crippen molar-refractivity contribution >= 4 is 31.6 Å². The molecule has 0 atom stereocenters. The molecule has 2 N–H and O–H groups in total. The van der Waals surface area contributed by atoms with Crippen LogP contribution in [0.3, 0.4) is 0 Å². The number of sulfonamides is 2. The van der Waals surface area contributed by atoms with Crippen molar-refractivity contribution in [2.24, 2.45) is 0 Å². The third-order valence-corrected chi connectivity index (χ3v) is 7.82. The highest BCUT2D eigenvalue weighted by atomic mass is 32.2. The van der Waals surface area contributed by atoms with Gasteiger partial charge in [0.15, 0.2) is 0 Å². The Bertz CT molecular complexity index is 1200. The molecule has 1 amide bonds. The molecular weight excluding hydrogens is 462 g/mol. The second-order valence-corrected chi connectivity index (χ2v) is 12.3. The van der Waals surface area contributed by atoms with E-state index in [0.717, 1.165) is 30.2 Å². The quantitative estimate of drug-likeness (QED) is 0.587. The molecule has 0 saturated carbocycles. The molecule has 180 valence electrons. The zero-order valence-electron chi connectivity index (χ0n) is 19.2. The number of nitrogens with one attached hydrogen (secondary N) is 2. The highest BCUT2D eigenvalue weighted by Crippen LogP contribution is 2.29. The number of likely N-dealkylation sites (tertiary alicyclic amines) is 1. The van der Waals surface area contributed by atoms with E-state index in [1.807, 2.05) is 24.3 Å². The van der Waals surface area contributed by atoms with E-state index in [-0.39, 0.29) is 18.2 Å². The lowest BCUT2D eigenvalue weighted by molar-refractivity contribution is 0.0713. The summed E-state index contributed by atoms with van der Waals surface area (Å²) in [5.41, 5.74) is 3.71. The summed E-state index contributed by atoms with van der Waals surface area (Å²) in [6.07, 6.45) is 2.74. The van der Waals surface area contributed by atoms with E-state index in [1.54, 1.807) is 36.9 Å². The molecule has 1 aliphatic heterocycles. The van der Waals surface area contributed by atoms with Crippen molar-refractivity contribution in [3.8, 4) is 0 Å². The molecule has 0 radical (unpaired) electrons. The fourth-order valence-corrected chi connectivity index (χ4v) is 5.08. The van der Waals surface area contributed by atoms with Gasteiger partial charge in [0, 0.05) is 25.2 Å². The van der Waals surface area contributed by atoms with Crippen molar-refractivity contribution in [3.63, 3.8) is 0 Å². The van der Waals surface area contributed by atoms with E-state index in [4.69, 9.17) is 0 Å². The van der Waals surface area contributed by atoms with E-state index in [1.165, 1.54) is 5.56 Å². The Hall–Kier alpha value is -2.43. The zero-order chi connectivity index (χ0) is 24.2. The molecule has 0 unspecified atom stereocenters. The Morgan fingerprint density at radius 3 is 2.24 bits per heavy atom. The van der Waals surface area contributed by atoms with Crippen LogP contribution < -0.4 is 9.44 Å². The van der Waals surface area contributed by atoms with Gasteiger partial charge in [0.05, 0.1) is 17.7 Å². The van der Waals surface area contributed by atoms with Crippen molar-refractivity contribution in [1.82, 2.24) is 9.62 Å². The first-order chi connectivity index (χ1) is 15.5. The smallest absolute Gasteiger partial charge is 0.253 e. The maximum absolute atomic E-state index is 13.0. The number of hydrogen-bond acceptors (Lipinski definition) is 5. The average molecular weight is 494 g/mol. The van der Waals surface area contributed by atoms with Gasteiger partial charge in [-0.3, -0.25) is 9.52 Å². The van der Waals surface area contributed by atoms with E-state index in [9.17, 15) is 21.6 Å². The minimum atomic E-state index is -3.43. The van der Waals surface area contributed by atoms with Gasteiger partial charge in [0.2, 0.25) is 20.0 Å². The standard InChI is InChI=1S/C23H31N3O5S2/c1-4-33(30,31)24-16-18-6-9-19(10-7-18)20-11-13-26(14-12-20)23(27)21-8-5-17(2)22(15-21)25-32(3,28)29/h5-10,15,20,24-25H,4,11-14,16H2,1-3H3. The monoisotopic (exact) mass is 493 g/mol. The van der Waals surface area contributed by atoms with E-state index in [2.05, 4.69) is 9.44 Å². The molecule has 3 rings (SSSR count). The van der Waals surface area contributed by atoms with Crippen LogP contribution in [0.15, 0.2) is 42.5 Å². The molecule has 0 aromatic heterocycles. The fraction of sp³-hybridized carbons (Fsp3) is 0.435. The van der Waals surface area contributed by atoms with Gasteiger partial charge < -0.3 is 4.90 Å².